The van der Waals surface area contributed by atoms with Crippen molar-refractivity contribution in [2.24, 2.45) is 5.92 Å². The quantitative estimate of drug-likeness (QED) is 0.309. The maximum Gasteiger partial charge on any atom is 0.309 e. The number of hydrogen-bond acceptors (Lipinski definition) is 1. The molecule has 26 heavy (non-hydrogen) atoms. The van der Waals surface area contributed by atoms with E-state index in [4.69, 9.17) is 0 Å². The molecule has 1 saturated carbocycles. The van der Waals surface area contributed by atoms with Crippen LogP contribution in [0.4, 0.5) is 8.78 Å². The predicted octanol–water partition coefficient (Wildman–Crippen LogP) is 7.55. The van der Waals surface area contributed by atoms with Gasteiger partial charge in [-0.25, -0.2) is 0 Å². The Morgan fingerprint density at radius 1 is 0.962 bits per heavy atom. The van der Waals surface area contributed by atoms with Crippen LogP contribution in [0.2, 0.25) is 0 Å². The molecule has 1 aliphatic carbocycles. The maximum absolute atomic E-state index is 13.8. The standard InChI is InChI=1S/C23H34F2O/c1-3-5-6-7-8-18-9-11-19(12-10-18)20-13-15-21(16-14-20)22(26)23(24,25)17-4-2/h13-16,18-19H,3-12,17H2,1-2H3. The summed E-state index contributed by atoms with van der Waals surface area (Å²) in [5, 5.41) is 0. The first-order chi connectivity index (χ1) is 12.5. The summed E-state index contributed by atoms with van der Waals surface area (Å²) in [7, 11) is 0. The van der Waals surface area contributed by atoms with Gasteiger partial charge in [0.25, 0.3) is 0 Å². The highest BCUT2D eigenvalue weighted by Gasteiger charge is 2.38. The molecule has 0 N–H and O–H groups in total. The molecular weight excluding hydrogens is 330 g/mol. The van der Waals surface area contributed by atoms with Gasteiger partial charge >= 0.3 is 5.92 Å². The van der Waals surface area contributed by atoms with E-state index in [-0.39, 0.29) is 12.0 Å². The van der Waals surface area contributed by atoms with Crippen molar-refractivity contribution in [2.75, 3.05) is 0 Å². The molecule has 2 rings (SSSR count). The largest absolute Gasteiger partial charge is 0.309 e. The molecule has 1 fully saturated rings. The Kier molecular flexibility index (Phi) is 8.24. The lowest BCUT2D eigenvalue weighted by atomic mass is 9.77. The molecule has 0 spiro atoms. The van der Waals surface area contributed by atoms with E-state index in [1.165, 1.54) is 63.4 Å². The highest BCUT2D eigenvalue weighted by atomic mass is 19.3. The van der Waals surface area contributed by atoms with E-state index in [1.807, 2.05) is 12.1 Å². The monoisotopic (exact) mass is 364 g/mol. The van der Waals surface area contributed by atoms with Crippen LogP contribution < -0.4 is 0 Å². The molecule has 0 atom stereocenters. The summed E-state index contributed by atoms with van der Waals surface area (Å²) in [6.45, 7) is 3.92. The first-order valence-electron chi connectivity index (χ1n) is 10.5. The number of hydrogen-bond donors (Lipinski definition) is 0. The van der Waals surface area contributed by atoms with Gasteiger partial charge < -0.3 is 0 Å². The van der Waals surface area contributed by atoms with Crippen LogP contribution in [0.1, 0.15) is 106 Å². The molecule has 0 aliphatic heterocycles. The fraction of sp³-hybridized carbons (Fsp3) is 0.696. The number of carbonyl (C=O) groups is 1. The van der Waals surface area contributed by atoms with Crippen molar-refractivity contribution >= 4 is 5.78 Å². The number of rotatable bonds is 10. The van der Waals surface area contributed by atoms with Crippen molar-refractivity contribution in [1.82, 2.24) is 0 Å². The molecule has 0 heterocycles. The second kappa shape index (κ2) is 10.2. The van der Waals surface area contributed by atoms with Gasteiger partial charge in [-0.2, -0.15) is 8.78 Å². The molecule has 1 aromatic rings. The summed E-state index contributed by atoms with van der Waals surface area (Å²) in [5.41, 5.74) is 1.33. The molecule has 1 aromatic carbocycles. The lowest BCUT2D eigenvalue weighted by Crippen LogP contribution is -2.28. The van der Waals surface area contributed by atoms with E-state index in [0.717, 1.165) is 5.92 Å². The van der Waals surface area contributed by atoms with Crippen LogP contribution >= 0.6 is 0 Å². The average molecular weight is 365 g/mol. The lowest BCUT2D eigenvalue weighted by Gasteiger charge is -2.29. The Labute approximate surface area is 157 Å². The fourth-order valence-electron chi connectivity index (χ4n) is 4.19. The molecule has 0 aromatic heterocycles. The SMILES string of the molecule is CCCCCCC1CCC(c2ccc(C(=O)C(F)(F)CCC)cc2)CC1. The fourth-order valence-corrected chi connectivity index (χ4v) is 4.19. The number of ketones is 1. The minimum Gasteiger partial charge on any atom is -0.287 e. The van der Waals surface area contributed by atoms with Crippen molar-refractivity contribution in [2.45, 2.75) is 96.3 Å². The number of benzene rings is 1. The second-order valence-corrected chi connectivity index (χ2v) is 7.97. The van der Waals surface area contributed by atoms with Gasteiger partial charge in [0.1, 0.15) is 0 Å². The molecule has 146 valence electrons. The zero-order chi connectivity index (χ0) is 19.0. The van der Waals surface area contributed by atoms with Crippen molar-refractivity contribution in [3.8, 4) is 0 Å². The van der Waals surface area contributed by atoms with Gasteiger partial charge in [0.15, 0.2) is 0 Å². The highest BCUT2D eigenvalue weighted by molar-refractivity contribution is 6.01. The van der Waals surface area contributed by atoms with E-state index in [0.29, 0.717) is 12.3 Å². The first-order valence-corrected chi connectivity index (χ1v) is 10.5. The summed E-state index contributed by atoms with van der Waals surface area (Å²) in [4.78, 5) is 12.0. The number of carbonyl (C=O) groups excluding carboxylic acids is 1. The van der Waals surface area contributed by atoms with Gasteiger partial charge in [-0.1, -0.05) is 70.2 Å². The summed E-state index contributed by atoms with van der Waals surface area (Å²) in [5.74, 6) is -2.91. The molecule has 0 saturated heterocycles. The minimum atomic E-state index is -3.24. The van der Waals surface area contributed by atoms with Gasteiger partial charge in [-0.05, 0) is 49.5 Å². The van der Waals surface area contributed by atoms with Gasteiger partial charge in [0, 0.05) is 12.0 Å². The number of Topliss-reactive ketones (excluding diaryl/α,β-unsaturated/α-hetero) is 1. The van der Waals surface area contributed by atoms with Crippen molar-refractivity contribution in [3.05, 3.63) is 35.4 Å². The Balaban J connectivity index is 1.85. The van der Waals surface area contributed by atoms with Crippen molar-refractivity contribution in [3.63, 3.8) is 0 Å². The van der Waals surface area contributed by atoms with E-state index < -0.39 is 11.7 Å². The second-order valence-electron chi connectivity index (χ2n) is 7.97. The van der Waals surface area contributed by atoms with Crippen LogP contribution in [0.5, 0.6) is 0 Å². The Bertz CT molecular complexity index is 542. The van der Waals surface area contributed by atoms with Gasteiger partial charge in [0.05, 0.1) is 0 Å². The van der Waals surface area contributed by atoms with E-state index >= 15 is 0 Å². The third-order valence-electron chi connectivity index (χ3n) is 5.85. The molecule has 0 amide bonds. The third kappa shape index (κ3) is 5.89. The zero-order valence-corrected chi connectivity index (χ0v) is 16.4. The van der Waals surface area contributed by atoms with Crippen molar-refractivity contribution in [1.29, 1.82) is 0 Å². The average Bonchev–Trinajstić information content (AvgIpc) is 2.65. The Morgan fingerprint density at radius 2 is 1.62 bits per heavy atom. The van der Waals surface area contributed by atoms with E-state index in [9.17, 15) is 13.6 Å². The molecule has 0 bridgehead atoms. The van der Waals surface area contributed by atoms with E-state index in [1.54, 1.807) is 19.1 Å². The molecule has 1 nitrogen and oxygen atoms in total. The van der Waals surface area contributed by atoms with Gasteiger partial charge in [0.2, 0.25) is 5.78 Å². The summed E-state index contributed by atoms with van der Waals surface area (Å²) in [6, 6.07) is 6.97. The number of unbranched alkanes of at least 4 members (excludes halogenated alkanes) is 3. The summed E-state index contributed by atoms with van der Waals surface area (Å²) in [6.07, 6.45) is 11.5. The van der Waals surface area contributed by atoms with Crippen LogP contribution in [0.25, 0.3) is 0 Å². The zero-order valence-electron chi connectivity index (χ0n) is 16.4. The predicted molar refractivity (Wildman–Crippen MR) is 104 cm³/mol. The van der Waals surface area contributed by atoms with Crippen LogP contribution in [0.3, 0.4) is 0 Å². The van der Waals surface area contributed by atoms with Crippen LogP contribution in [0.15, 0.2) is 24.3 Å². The maximum atomic E-state index is 13.8. The highest BCUT2D eigenvalue weighted by Crippen LogP contribution is 2.38. The third-order valence-corrected chi connectivity index (χ3v) is 5.85. The van der Waals surface area contributed by atoms with Crippen LogP contribution in [0, 0.1) is 5.92 Å². The molecule has 1 aliphatic rings. The Morgan fingerprint density at radius 3 is 2.19 bits per heavy atom. The number of halogens is 2. The van der Waals surface area contributed by atoms with Crippen molar-refractivity contribution < 1.29 is 13.6 Å². The van der Waals surface area contributed by atoms with Gasteiger partial charge in [-0.15, -0.1) is 0 Å². The summed E-state index contributed by atoms with van der Waals surface area (Å²) < 4.78 is 27.6. The normalized spacial score (nSPS) is 20.9. The molecule has 0 radical (unpaired) electrons. The van der Waals surface area contributed by atoms with Crippen LogP contribution in [-0.2, 0) is 0 Å². The molecular formula is C23H34F2O. The Hall–Kier alpha value is -1.25. The van der Waals surface area contributed by atoms with Crippen LogP contribution in [-0.4, -0.2) is 11.7 Å². The topological polar surface area (TPSA) is 17.1 Å². The summed E-state index contributed by atoms with van der Waals surface area (Å²) >= 11 is 0. The first kappa shape index (κ1) is 21.1. The van der Waals surface area contributed by atoms with E-state index in [2.05, 4.69) is 6.92 Å². The smallest absolute Gasteiger partial charge is 0.287 e. The number of alkyl halides is 2. The molecule has 0 unspecified atom stereocenters. The van der Waals surface area contributed by atoms with Gasteiger partial charge in [-0.3, -0.25) is 4.79 Å². The lowest BCUT2D eigenvalue weighted by molar-refractivity contribution is 0.00453. The molecule has 3 heteroatoms. The minimum absolute atomic E-state index is 0.136.